The molecule has 0 bridgehead atoms. The summed E-state index contributed by atoms with van der Waals surface area (Å²) in [4.78, 5) is 0. The quantitative estimate of drug-likeness (QED) is 0.695. The van der Waals surface area contributed by atoms with E-state index < -0.39 is 0 Å². The Labute approximate surface area is 89.4 Å². The molecule has 1 aliphatic rings. The molecule has 0 spiro atoms. The first-order chi connectivity index (χ1) is 6.77. The molecule has 1 saturated heterocycles. The SMILES string of the molecule is Cc1ccccc1OC1CCSN1C. The zero-order chi connectivity index (χ0) is 9.97. The van der Waals surface area contributed by atoms with Crippen molar-refractivity contribution in [3.05, 3.63) is 29.8 Å². The molecular weight excluding hydrogens is 194 g/mol. The van der Waals surface area contributed by atoms with Gasteiger partial charge in [-0.25, -0.2) is 4.31 Å². The Kier molecular flexibility index (Phi) is 2.99. The van der Waals surface area contributed by atoms with Gasteiger partial charge in [0.05, 0.1) is 0 Å². The fraction of sp³-hybridized carbons (Fsp3) is 0.455. The average Bonchev–Trinajstić information content (AvgIpc) is 2.56. The van der Waals surface area contributed by atoms with Crippen molar-refractivity contribution in [3.8, 4) is 5.75 Å². The normalized spacial score (nSPS) is 22.6. The number of rotatable bonds is 2. The number of ether oxygens (including phenoxy) is 1. The van der Waals surface area contributed by atoms with Crippen LogP contribution in [-0.2, 0) is 0 Å². The Morgan fingerprint density at radius 3 is 2.86 bits per heavy atom. The van der Waals surface area contributed by atoms with E-state index in [0.29, 0.717) is 0 Å². The van der Waals surface area contributed by atoms with Crippen molar-refractivity contribution in [1.82, 2.24) is 4.31 Å². The molecule has 2 rings (SSSR count). The second-order valence-electron chi connectivity index (χ2n) is 3.51. The minimum Gasteiger partial charge on any atom is -0.474 e. The van der Waals surface area contributed by atoms with E-state index >= 15 is 0 Å². The van der Waals surface area contributed by atoms with Gasteiger partial charge in [-0.1, -0.05) is 30.1 Å². The van der Waals surface area contributed by atoms with Gasteiger partial charge in [0.1, 0.15) is 5.75 Å². The summed E-state index contributed by atoms with van der Waals surface area (Å²) in [6.07, 6.45) is 1.34. The third-order valence-corrected chi connectivity index (χ3v) is 3.48. The fourth-order valence-corrected chi connectivity index (χ4v) is 2.44. The highest BCUT2D eigenvalue weighted by Gasteiger charge is 2.23. The Morgan fingerprint density at radius 1 is 1.43 bits per heavy atom. The van der Waals surface area contributed by atoms with E-state index in [4.69, 9.17) is 4.74 Å². The number of benzene rings is 1. The van der Waals surface area contributed by atoms with Crippen LogP contribution in [-0.4, -0.2) is 23.3 Å². The first-order valence-electron chi connectivity index (χ1n) is 4.85. The largest absolute Gasteiger partial charge is 0.474 e. The van der Waals surface area contributed by atoms with Crippen LogP contribution in [0.15, 0.2) is 24.3 Å². The second kappa shape index (κ2) is 4.24. The maximum Gasteiger partial charge on any atom is 0.162 e. The van der Waals surface area contributed by atoms with Crippen molar-refractivity contribution in [1.29, 1.82) is 0 Å². The van der Waals surface area contributed by atoms with Crippen molar-refractivity contribution < 1.29 is 4.74 Å². The maximum absolute atomic E-state index is 5.92. The molecule has 0 saturated carbocycles. The summed E-state index contributed by atoms with van der Waals surface area (Å²) in [5.74, 6) is 2.17. The monoisotopic (exact) mass is 209 g/mol. The van der Waals surface area contributed by atoms with Crippen LogP contribution in [0.4, 0.5) is 0 Å². The van der Waals surface area contributed by atoms with E-state index in [0.717, 1.165) is 17.9 Å². The highest BCUT2D eigenvalue weighted by Crippen LogP contribution is 2.28. The lowest BCUT2D eigenvalue weighted by Crippen LogP contribution is -2.26. The Hall–Kier alpha value is -0.670. The van der Waals surface area contributed by atoms with Gasteiger partial charge in [0.2, 0.25) is 0 Å². The fourth-order valence-electron chi connectivity index (χ4n) is 1.53. The summed E-state index contributed by atoms with van der Waals surface area (Å²) >= 11 is 1.84. The predicted octanol–water partition coefficient (Wildman–Crippen LogP) is 2.68. The summed E-state index contributed by atoms with van der Waals surface area (Å²) in [5, 5.41) is 0. The molecule has 3 heteroatoms. The third kappa shape index (κ3) is 2.04. The summed E-state index contributed by atoms with van der Waals surface area (Å²) < 4.78 is 8.11. The summed E-state index contributed by atoms with van der Waals surface area (Å²) in [6.45, 7) is 2.08. The third-order valence-electron chi connectivity index (χ3n) is 2.42. The standard InChI is InChI=1S/C11H15NOS/c1-9-5-3-4-6-10(9)13-11-7-8-14-12(11)2/h3-6,11H,7-8H2,1-2H3. The molecule has 2 nitrogen and oxygen atoms in total. The van der Waals surface area contributed by atoms with Gasteiger partial charge >= 0.3 is 0 Å². The Morgan fingerprint density at radius 2 is 2.21 bits per heavy atom. The van der Waals surface area contributed by atoms with Gasteiger partial charge in [-0.2, -0.15) is 0 Å². The van der Waals surface area contributed by atoms with Crippen molar-refractivity contribution >= 4 is 11.9 Å². The molecule has 1 atom stereocenters. The van der Waals surface area contributed by atoms with Crippen molar-refractivity contribution in [2.45, 2.75) is 19.6 Å². The molecule has 1 fully saturated rings. The lowest BCUT2D eigenvalue weighted by molar-refractivity contribution is 0.119. The van der Waals surface area contributed by atoms with E-state index in [-0.39, 0.29) is 6.23 Å². The van der Waals surface area contributed by atoms with Crippen LogP contribution in [0, 0.1) is 6.92 Å². The smallest absolute Gasteiger partial charge is 0.162 e. The first kappa shape index (κ1) is 9.87. The van der Waals surface area contributed by atoms with E-state index in [2.05, 4.69) is 24.3 Å². The minimum absolute atomic E-state index is 0.237. The number of para-hydroxylation sites is 1. The number of hydrogen-bond acceptors (Lipinski definition) is 3. The average molecular weight is 209 g/mol. The summed E-state index contributed by atoms with van der Waals surface area (Å²) in [5.41, 5.74) is 1.21. The van der Waals surface area contributed by atoms with Gasteiger partial charge in [0.15, 0.2) is 6.23 Å². The number of hydrogen-bond donors (Lipinski definition) is 0. The van der Waals surface area contributed by atoms with Gasteiger partial charge in [-0.3, -0.25) is 0 Å². The summed E-state index contributed by atoms with van der Waals surface area (Å²) in [7, 11) is 2.08. The highest BCUT2D eigenvalue weighted by molar-refractivity contribution is 7.97. The zero-order valence-electron chi connectivity index (χ0n) is 8.56. The van der Waals surface area contributed by atoms with Crippen LogP contribution >= 0.6 is 11.9 Å². The molecule has 76 valence electrons. The van der Waals surface area contributed by atoms with Crippen LogP contribution < -0.4 is 4.74 Å². The predicted molar refractivity (Wildman–Crippen MR) is 60.4 cm³/mol. The Balaban J connectivity index is 2.07. The molecule has 1 aromatic carbocycles. The number of nitrogens with zero attached hydrogens (tertiary/aromatic N) is 1. The molecule has 0 N–H and O–H groups in total. The molecule has 1 aromatic rings. The molecule has 1 aliphatic heterocycles. The molecule has 0 aliphatic carbocycles. The van der Waals surface area contributed by atoms with Crippen LogP contribution in [0.3, 0.4) is 0 Å². The van der Waals surface area contributed by atoms with E-state index in [1.807, 2.05) is 30.1 Å². The van der Waals surface area contributed by atoms with Crippen molar-refractivity contribution in [3.63, 3.8) is 0 Å². The molecule has 1 unspecified atom stereocenters. The van der Waals surface area contributed by atoms with Gasteiger partial charge in [-0.05, 0) is 18.6 Å². The van der Waals surface area contributed by atoms with E-state index in [9.17, 15) is 0 Å². The maximum atomic E-state index is 5.92. The van der Waals surface area contributed by atoms with Gasteiger partial charge in [0.25, 0.3) is 0 Å². The molecular formula is C11H15NOS. The topological polar surface area (TPSA) is 12.5 Å². The lowest BCUT2D eigenvalue weighted by Gasteiger charge is -2.20. The van der Waals surface area contributed by atoms with E-state index in [1.165, 1.54) is 5.56 Å². The molecule has 0 aromatic heterocycles. The second-order valence-corrected chi connectivity index (χ2v) is 4.75. The van der Waals surface area contributed by atoms with Gasteiger partial charge in [-0.15, -0.1) is 0 Å². The minimum atomic E-state index is 0.237. The van der Waals surface area contributed by atoms with Gasteiger partial charge in [0, 0.05) is 19.2 Å². The molecule has 0 amide bonds. The highest BCUT2D eigenvalue weighted by atomic mass is 32.2. The molecule has 0 radical (unpaired) electrons. The molecule has 14 heavy (non-hydrogen) atoms. The van der Waals surface area contributed by atoms with Crippen molar-refractivity contribution in [2.75, 3.05) is 12.8 Å². The van der Waals surface area contributed by atoms with Crippen LogP contribution in [0.2, 0.25) is 0 Å². The summed E-state index contributed by atoms with van der Waals surface area (Å²) in [6, 6.07) is 8.17. The Bertz CT molecular complexity index is 316. The molecule has 1 heterocycles. The first-order valence-corrected chi connectivity index (χ1v) is 5.79. The zero-order valence-corrected chi connectivity index (χ0v) is 9.38. The van der Waals surface area contributed by atoms with Crippen LogP contribution in [0.25, 0.3) is 0 Å². The van der Waals surface area contributed by atoms with Crippen LogP contribution in [0.5, 0.6) is 5.75 Å². The lowest BCUT2D eigenvalue weighted by atomic mass is 10.2. The van der Waals surface area contributed by atoms with Gasteiger partial charge < -0.3 is 4.74 Å². The van der Waals surface area contributed by atoms with E-state index in [1.54, 1.807) is 0 Å². The van der Waals surface area contributed by atoms with Crippen molar-refractivity contribution in [2.24, 2.45) is 0 Å². The van der Waals surface area contributed by atoms with Crippen LogP contribution in [0.1, 0.15) is 12.0 Å². The number of aryl methyl sites for hydroxylation is 1.